The minimum absolute atomic E-state index is 0.136. The number of benzene rings is 2. The Hall–Kier alpha value is -3.27. The van der Waals surface area contributed by atoms with E-state index in [9.17, 15) is 5.11 Å². The number of fused-ring (bicyclic) bond motifs is 1. The summed E-state index contributed by atoms with van der Waals surface area (Å²) in [4.78, 5) is 4.78. The molecule has 0 amide bonds. The maximum atomic E-state index is 9.57. The summed E-state index contributed by atoms with van der Waals surface area (Å²) < 4.78 is 2.06. The number of hydrogen-bond donors (Lipinski definition) is 2. The van der Waals surface area contributed by atoms with Crippen LogP contribution in [0.5, 0.6) is 5.75 Å². The summed E-state index contributed by atoms with van der Waals surface area (Å²) in [5.74, 6) is 1.19. The Bertz CT molecular complexity index is 991. The second kappa shape index (κ2) is 6.32. The molecule has 0 aliphatic rings. The monoisotopic (exact) mass is 329 g/mol. The first-order valence-corrected chi connectivity index (χ1v) is 8.30. The number of nitrogens with one attached hydrogen (secondary N) is 1. The lowest BCUT2D eigenvalue weighted by atomic mass is 10.1. The molecule has 0 radical (unpaired) electrons. The number of aromatic hydroxyl groups is 1. The smallest absolute Gasteiger partial charge is 0.139 e. The van der Waals surface area contributed by atoms with Crippen LogP contribution >= 0.6 is 0 Å². The molecule has 25 heavy (non-hydrogen) atoms. The Morgan fingerprint density at radius 1 is 0.920 bits per heavy atom. The third-order valence-electron chi connectivity index (χ3n) is 4.32. The molecule has 2 aromatic carbocycles. The van der Waals surface area contributed by atoms with Crippen molar-refractivity contribution in [1.29, 1.82) is 0 Å². The summed E-state index contributed by atoms with van der Waals surface area (Å²) >= 11 is 0. The van der Waals surface area contributed by atoms with Crippen molar-refractivity contribution < 1.29 is 5.11 Å². The summed E-state index contributed by atoms with van der Waals surface area (Å²) in [5.41, 5.74) is 3.93. The second-order valence-corrected chi connectivity index (χ2v) is 6.06. The van der Waals surface area contributed by atoms with Crippen molar-refractivity contribution in [2.75, 3.05) is 5.32 Å². The van der Waals surface area contributed by atoms with Crippen molar-refractivity contribution in [3.63, 3.8) is 0 Å². The van der Waals surface area contributed by atoms with Gasteiger partial charge in [-0.25, -0.2) is 4.98 Å². The summed E-state index contributed by atoms with van der Waals surface area (Å²) in [7, 11) is 0. The van der Waals surface area contributed by atoms with Gasteiger partial charge in [-0.15, -0.1) is 0 Å². The molecule has 0 bridgehead atoms. The van der Waals surface area contributed by atoms with Crippen LogP contribution in [0.25, 0.3) is 16.9 Å². The highest BCUT2D eigenvalue weighted by molar-refractivity contribution is 5.77. The molecule has 2 heterocycles. The molecule has 0 saturated heterocycles. The van der Waals surface area contributed by atoms with Crippen LogP contribution < -0.4 is 5.32 Å². The van der Waals surface area contributed by atoms with Gasteiger partial charge in [-0.2, -0.15) is 0 Å². The number of rotatable bonds is 4. The maximum absolute atomic E-state index is 9.57. The number of anilines is 1. The summed E-state index contributed by atoms with van der Waals surface area (Å²) in [5, 5.41) is 13.2. The molecular weight excluding hydrogens is 310 g/mol. The van der Waals surface area contributed by atoms with Gasteiger partial charge in [0.1, 0.15) is 22.9 Å². The fraction of sp³-hybridized carbons (Fsp3) is 0.0952. The molecule has 1 atom stereocenters. The molecule has 4 nitrogen and oxygen atoms in total. The molecule has 124 valence electrons. The largest absolute Gasteiger partial charge is 0.508 e. The number of phenolic OH excluding ortho intramolecular Hbond substituents is 1. The lowest BCUT2D eigenvalue weighted by Gasteiger charge is -2.16. The van der Waals surface area contributed by atoms with Gasteiger partial charge in [0.25, 0.3) is 0 Å². The Morgan fingerprint density at radius 2 is 1.64 bits per heavy atom. The minimum atomic E-state index is 0.136. The number of nitrogens with zero attached hydrogens (tertiary/aromatic N) is 2. The lowest BCUT2D eigenvalue weighted by Crippen LogP contribution is -2.09. The molecule has 0 fully saturated rings. The zero-order chi connectivity index (χ0) is 17.2. The SMILES string of the molecule is C[C@@H](Nc1c(-c2ccc(O)cc2)nc2ccccn12)c1ccccc1. The van der Waals surface area contributed by atoms with E-state index in [2.05, 4.69) is 28.8 Å². The zero-order valence-corrected chi connectivity index (χ0v) is 13.9. The molecule has 4 rings (SSSR count). The summed E-state index contributed by atoms with van der Waals surface area (Å²) in [6.07, 6.45) is 2.01. The van der Waals surface area contributed by atoms with E-state index in [1.165, 1.54) is 5.56 Å². The number of imidazole rings is 1. The fourth-order valence-electron chi connectivity index (χ4n) is 2.98. The van der Waals surface area contributed by atoms with Crippen LogP contribution in [0.1, 0.15) is 18.5 Å². The molecule has 0 unspecified atom stereocenters. The molecule has 0 aliphatic heterocycles. The Kier molecular flexibility index (Phi) is 3.86. The van der Waals surface area contributed by atoms with Crippen molar-refractivity contribution in [2.24, 2.45) is 0 Å². The van der Waals surface area contributed by atoms with E-state index in [4.69, 9.17) is 4.98 Å². The van der Waals surface area contributed by atoms with E-state index in [0.717, 1.165) is 22.7 Å². The normalized spacial score (nSPS) is 12.2. The van der Waals surface area contributed by atoms with Crippen LogP contribution in [0, 0.1) is 0 Å². The Labute approximate surface area is 146 Å². The molecule has 0 spiro atoms. The number of aromatic nitrogens is 2. The van der Waals surface area contributed by atoms with Crippen molar-refractivity contribution >= 4 is 11.5 Å². The van der Waals surface area contributed by atoms with Crippen LogP contribution in [0.15, 0.2) is 79.0 Å². The van der Waals surface area contributed by atoms with E-state index in [-0.39, 0.29) is 11.8 Å². The van der Waals surface area contributed by atoms with E-state index in [1.807, 2.05) is 54.7 Å². The van der Waals surface area contributed by atoms with Crippen molar-refractivity contribution in [3.05, 3.63) is 84.6 Å². The molecule has 0 aliphatic carbocycles. The van der Waals surface area contributed by atoms with Crippen LogP contribution in [-0.4, -0.2) is 14.5 Å². The maximum Gasteiger partial charge on any atom is 0.139 e. The highest BCUT2D eigenvalue weighted by atomic mass is 16.3. The van der Waals surface area contributed by atoms with Gasteiger partial charge in [0.2, 0.25) is 0 Å². The van der Waals surface area contributed by atoms with E-state index in [1.54, 1.807) is 12.1 Å². The van der Waals surface area contributed by atoms with Crippen LogP contribution in [-0.2, 0) is 0 Å². The van der Waals surface area contributed by atoms with Gasteiger partial charge >= 0.3 is 0 Å². The number of pyridine rings is 1. The number of hydrogen-bond acceptors (Lipinski definition) is 3. The van der Waals surface area contributed by atoms with Crippen molar-refractivity contribution in [2.45, 2.75) is 13.0 Å². The third-order valence-corrected chi connectivity index (χ3v) is 4.32. The highest BCUT2D eigenvalue weighted by Gasteiger charge is 2.16. The Balaban J connectivity index is 1.81. The summed E-state index contributed by atoms with van der Waals surface area (Å²) in [6, 6.07) is 23.6. The van der Waals surface area contributed by atoms with Crippen LogP contribution in [0.4, 0.5) is 5.82 Å². The Morgan fingerprint density at radius 3 is 2.40 bits per heavy atom. The van der Waals surface area contributed by atoms with E-state index >= 15 is 0 Å². The topological polar surface area (TPSA) is 49.6 Å². The van der Waals surface area contributed by atoms with E-state index in [0.29, 0.717) is 0 Å². The third kappa shape index (κ3) is 2.94. The van der Waals surface area contributed by atoms with Gasteiger partial charge in [0.05, 0.1) is 0 Å². The second-order valence-electron chi connectivity index (χ2n) is 6.06. The standard InChI is InChI=1S/C21H19N3O/c1-15(16-7-3-2-4-8-16)22-21-20(17-10-12-18(25)13-11-17)23-19-9-5-6-14-24(19)21/h2-15,22,25H,1H3/t15-/m1/s1. The molecule has 2 aromatic heterocycles. The predicted molar refractivity (Wildman–Crippen MR) is 101 cm³/mol. The molecule has 4 heteroatoms. The van der Waals surface area contributed by atoms with Crippen molar-refractivity contribution in [3.8, 4) is 17.0 Å². The first-order chi connectivity index (χ1) is 12.2. The van der Waals surface area contributed by atoms with Gasteiger partial charge in [-0.05, 0) is 48.9 Å². The molecule has 2 N–H and O–H groups in total. The van der Waals surface area contributed by atoms with Crippen LogP contribution in [0.2, 0.25) is 0 Å². The average molecular weight is 329 g/mol. The molecular formula is C21H19N3O. The fourth-order valence-corrected chi connectivity index (χ4v) is 2.98. The summed E-state index contributed by atoms with van der Waals surface area (Å²) in [6.45, 7) is 2.14. The van der Waals surface area contributed by atoms with Gasteiger partial charge in [-0.1, -0.05) is 36.4 Å². The quantitative estimate of drug-likeness (QED) is 0.561. The highest BCUT2D eigenvalue weighted by Crippen LogP contribution is 2.32. The van der Waals surface area contributed by atoms with Gasteiger partial charge in [0, 0.05) is 17.8 Å². The van der Waals surface area contributed by atoms with Crippen LogP contribution in [0.3, 0.4) is 0 Å². The average Bonchev–Trinajstić information content (AvgIpc) is 3.02. The zero-order valence-electron chi connectivity index (χ0n) is 13.9. The van der Waals surface area contributed by atoms with Gasteiger partial charge < -0.3 is 10.4 Å². The predicted octanol–water partition coefficient (Wildman–Crippen LogP) is 4.88. The molecule has 4 aromatic rings. The number of phenols is 1. The first-order valence-electron chi connectivity index (χ1n) is 8.30. The minimum Gasteiger partial charge on any atom is -0.508 e. The van der Waals surface area contributed by atoms with Gasteiger partial charge in [-0.3, -0.25) is 4.40 Å². The first kappa shape index (κ1) is 15.3. The lowest BCUT2D eigenvalue weighted by molar-refractivity contribution is 0.475. The van der Waals surface area contributed by atoms with E-state index < -0.39 is 0 Å². The molecule has 0 saturated carbocycles. The van der Waals surface area contributed by atoms with Crippen molar-refractivity contribution in [1.82, 2.24) is 9.38 Å². The van der Waals surface area contributed by atoms with Gasteiger partial charge in [0.15, 0.2) is 0 Å².